The third kappa shape index (κ3) is 4.77. The Morgan fingerprint density at radius 1 is 0.840 bits per heavy atom. The summed E-state index contributed by atoms with van der Waals surface area (Å²) in [4.78, 5) is 0. The lowest BCUT2D eigenvalue weighted by atomic mass is 10.2. The molecule has 25 heavy (non-hydrogen) atoms. The zero-order valence-corrected chi connectivity index (χ0v) is 15.7. The van der Waals surface area contributed by atoms with Gasteiger partial charge in [0.15, 0.2) is 0 Å². The second-order valence-corrected chi connectivity index (χ2v) is 6.82. The molecule has 3 aromatic carbocycles. The minimum absolute atomic E-state index is 0.188. The number of halogens is 1. The summed E-state index contributed by atoms with van der Waals surface area (Å²) in [6.45, 7) is 4.37. The average molecular weight is 399 g/mol. The highest BCUT2D eigenvalue weighted by Gasteiger charge is 2.06. The van der Waals surface area contributed by atoms with Crippen molar-refractivity contribution in [2.75, 3.05) is 0 Å². The van der Waals surface area contributed by atoms with Crippen LogP contribution in [-0.4, -0.2) is 5.11 Å². The Kier molecular flexibility index (Phi) is 5.29. The molecule has 0 spiro atoms. The van der Waals surface area contributed by atoms with Gasteiger partial charge in [-0.1, -0.05) is 34.1 Å². The van der Waals surface area contributed by atoms with Crippen molar-refractivity contribution in [1.29, 1.82) is 0 Å². The lowest BCUT2D eigenvalue weighted by molar-refractivity contribution is 0.303. The summed E-state index contributed by atoms with van der Waals surface area (Å²) in [6, 6.07) is 18.9. The molecule has 0 bridgehead atoms. The Labute approximate surface area is 156 Å². The van der Waals surface area contributed by atoms with Crippen LogP contribution in [0.1, 0.15) is 16.7 Å². The Hall–Kier alpha value is -2.46. The van der Waals surface area contributed by atoms with Gasteiger partial charge in [-0.15, -0.1) is 0 Å². The SMILES string of the molecule is Cc1cc(O)cc(Oc2cc(C)cc(OCc3ccccc3Br)c2)c1. The lowest BCUT2D eigenvalue weighted by Gasteiger charge is -2.12. The van der Waals surface area contributed by atoms with Crippen LogP contribution in [0.3, 0.4) is 0 Å². The van der Waals surface area contributed by atoms with Crippen LogP contribution >= 0.6 is 15.9 Å². The van der Waals surface area contributed by atoms with E-state index in [1.807, 2.05) is 62.4 Å². The fourth-order valence-corrected chi connectivity index (χ4v) is 2.96. The lowest BCUT2D eigenvalue weighted by Crippen LogP contribution is -1.97. The van der Waals surface area contributed by atoms with Gasteiger partial charge < -0.3 is 14.6 Å². The highest BCUT2D eigenvalue weighted by atomic mass is 79.9. The van der Waals surface area contributed by atoms with Gasteiger partial charge >= 0.3 is 0 Å². The molecule has 0 radical (unpaired) electrons. The largest absolute Gasteiger partial charge is 0.508 e. The number of benzene rings is 3. The molecule has 0 fully saturated rings. The number of hydrogen-bond acceptors (Lipinski definition) is 3. The van der Waals surface area contributed by atoms with Crippen molar-refractivity contribution in [3.63, 3.8) is 0 Å². The maximum Gasteiger partial charge on any atom is 0.131 e. The smallest absolute Gasteiger partial charge is 0.131 e. The van der Waals surface area contributed by atoms with Gasteiger partial charge in [0.2, 0.25) is 0 Å². The maximum absolute atomic E-state index is 9.71. The van der Waals surface area contributed by atoms with Gasteiger partial charge in [0, 0.05) is 22.2 Å². The van der Waals surface area contributed by atoms with Gasteiger partial charge in [-0.25, -0.2) is 0 Å². The molecule has 0 aromatic heterocycles. The van der Waals surface area contributed by atoms with Crippen molar-refractivity contribution in [1.82, 2.24) is 0 Å². The fourth-order valence-electron chi connectivity index (χ4n) is 2.56. The molecule has 0 heterocycles. The highest BCUT2D eigenvalue weighted by molar-refractivity contribution is 9.10. The molecule has 0 aliphatic rings. The molecular weight excluding hydrogens is 380 g/mol. The van der Waals surface area contributed by atoms with Crippen molar-refractivity contribution in [2.24, 2.45) is 0 Å². The molecule has 0 amide bonds. The first kappa shape index (κ1) is 17.4. The second-order valence-electron chi connectivity index (χ2n) is 5.97. The number of hydrogen-bond donors (Lipinski definition) is 1. The summed E-state index contributed by atoms with van der Waals surface area (Å²) in [5.41, 5.74) is 3.06. The zero-order chi connectivity index (χ0) is 17.8. The monoisotopic (exact) mass is 398 g/mol. The Bertz CT molecular complexity index is 870. The van der Waals surface area contributed by atoms with Crippen LogP contribution in [-0.2, 0) is 6.61 Å². The normalized spacial score (nSPS) is 10.5. The maximum atomic E-state index is 9.71. The van der Waals surface area contributed by atoms with E-state index >= 15 is 0 Å². The fraction of sp³-hybridized carbons (Fsp3) is 0.143. The van der Waals surface area contributed by atoms with Crippen molar-refractivity contribution in [3.05, 3.63) is 81.8 Å². The van der Waals surface area contributed by atoms with E-state index in [2.05, 4.69) is 15.9 Å². The van der Waals surface area contributed by atoms with E-state index in [4.69, 9.17) is 9.47 Å². The molecule has 1 N–H and O–H groups in total. The summed E-state index contributed by atoms with van der Waals surface area (Å²) < 4.78 is 12.8. The predicted octanol–water partition coefficient (Wildman–Crippen LogP) is 6.14. The molecule has 0 saturated carbocycles. The number of aryl methyl sites for hydroxylation is 2. The van der Waals surface area contributed by atoms with Gasteiger partial charge in [-0.3, -0.25) is 0 Å². The Morgan fingerprint density at radius 2 is 1.48 bits per heavy atom. The van der Waals surface area contributed by atoms with Crippen LogP contribution < -0.4 is 9.47 Å². The summed E-state index contributed by atoms with van der Waals surface area (Å²) >= 11 is 3.53. The van der Waals surface area contributed by atoms with Crippen molar-refractivity contribution >= 4 is 15.9 Å². The van der Waals surface area contributed by atoms with Crippen LogP contribution in [0, 0.1) is 13.8 Å². The molecule has 0 aliphatic carbocycles. The van der Waals surface area contributed by atoms with E-state index < -0.39 is 0 Å². The number of ether oxygens (including phenoxy) is 2. The number of rotatable bonds is 5. The number of phenols is 1. The van der Waals surface area contributed by atoms with Crippen molar-refractivity contribution in [2.45, 2.75) is 20.5 Å². The molecule has 128 valence electrons. The van der Waals surface area contributed by atoms with Gasteiger partial charge in [0.1, 0.15) is 29.6 Å². The zero-order valence-electron chi connectivity index (χ0n) is 14.1. The summed E-state index contributed by atoms with van der Waals surface area (Å²) in [7, 11) is 0. The quantitative estimate of drug-likeness (QED) is 0.560. The van der Waals surface area contributed by atoms with E-state index in [0.29, 0.717) is 18.1 Å². The van der Waals surface area contributed by atoms with Gasteiger partial charge in [0.25, 0.3) is 0 Å². The summed E-state index contributed by atoms with van der Waals surface area (Å²) in [5.74, 6) is 2.20. The average Bonchev–Trinajstić information content (AvgIpc) is 2.52. The molecule has 3 aromatic rings. The second kappa shape index (κ2) is 7.62. The third-order valence-corrected chi connectivity index (χ3v) is 4.42. The first-order valence-corrected chi connectivity index (χ1v) is 8.75. The third-order valence-electron chi connectivity index (χ3n) is 3.65. The summed E-state index contributed by atoms with van der Waals surface area (Å²) in [6.07, 6.45) is 0. The first-order chi connectivity index (χ1) is 12.0. The summed E-state index contributed by atoms with van der Waals surface area (Å²) in [5, 5.41) is 9.71. The first-order valence-electron chi connectivity index (χ1n) is 7.96. The van der Waals surface area contributed by atoms with Crippen molar-refractivity contribution < 1.29 is 14.6 Å². The molecule has 4 heteroatoms. The topological polar surface area (TPSA) is 38.7 Å². The van der Waals surface area contributed by atoms with Crippen LogP contribution in [0.2, 0.25) is 0 Å². The molecule has 0 atom stereocenters. The highest BCUT2D eigenvalue weighted by Crippen LogP contribution is 2.30. The molecule has 3 nitrogen and oxygen atoms in total. The van der Waals surface area contributed by atoms with Gasteiger partial charge in [-0.05, 0) is 55.3 Å². The standard InChI is InChI=1S/C21H19BrO3/c1-14-7-17(23)11-19(9-14)25-20-10-15(2)8-18(12-20)24-13-16-5-3-4-6-21(16)22/h3-12,23H,13H2,1-2H3. The van der Waals surface area contributed by atoms with Gasteiger partial charge in [0.05, 0.1) is 0 Å². The Balaban J connectivity index is 1.77. The minimum Gasteiger partial charge on any atom is -0.508 e. The number of phenolic OH excluding ortho intramolecular Hbond substituents is 1. The molecule has 0 unspecified atom stereocenters. The minimum atomic E-state index is 0.188. The van der Waals surface area contributed by atoms with E-state index in [1.54, 1.807) is 12.1 Å². The molecule has 3 rings (SSSR count). The van der Waals surface area contributed by atoms with Crippen LogP contribution in [0.15, 0.2) is 65.1 Å². The Morgan fingerprint density at radius 3 is 2.20 bits per heavy atom. The molecule has 0 aliphatic heterocycles. The van der Waals surface area contributed by atoms with E-state index in [0.717, 1.165) is 26.9 Å². The van der Waals surface area contributed by atoms with Gasteiger partial charge in [-0.2, -0.15) is 0 Å². The van der Waals surface area contributed by atoms with Crippen LogP contribution in [0.25, 0.3) is 0 Å². The van der Waals surface area contributed by atoms with Crippen LogP contribution in [0.5, 0.6) is 23.0 Å². The van der Waals surface area contributed by atoms with E-state index in [9.17, 15) is 5.11 Å². The number of aromatic hydroxyl groups is 1. The van der Waals surface area contributed by atoms with Crippen LogP contribution in [0.4, 0.5) is 0 Å². The van der Waals surface area contributed by atoms with E-state index in [1.165, 1.54) is 0 Å². The molecule has 0 saturated heterocycles. The predicted molar refractivity (Wildman–Crippen MR) is 103 cm³/mol. The van der Waals surface area contributed by atoms with Crippen molar-refractivity contribution in [3.8, 4) is 23.0 Å². The molecular formula is C21H19BrO3. The van der Waals surface area contributed by atoms with E-state index in [-0.39, 0.29) is 5.75 Å².